The summed E-state index contributed by atoms with van der Waals surface area (Å²) in [5, 5.41) is 25.3. The van der Waals surface area contributed by atoms with Crippen molar-refractivity contribution >= 4 is 41.4 Å². The van der Waals surface area contributed by atoms with Crippen LogP contribution >= 0.6 is 11.8 Å². The Bertz CT molecular complexity index is 837. The van der Waals surface area contributed by atoms with Crippen LogP contribution in [0.1, 0.15) is 25.3 Å². The Morgan fingerprint density at radius 1 is 0.939 bits per heavy atom. The van der Waals surface area contributed by atoms with Gasteiger partial charge in [-0.2, -0.15) is 11.8 Å². The number of benzene rings is 1. The van der Waals surface area contributed by atoms with Gasteiger partial charge in [-0.1, -0.05) is 30.3 Å². The highest BCUT2D eigenvalue weighted by molar-refractivity contribution is 7.98. The van der Waals surface area contributed by atoms with Crippen molar-refractivity contribution in [3.63, 3.8) is 0 Å². The molecule has 0 heterocycles. The maximum absolute atomic E-state index is 12.8. The van der Waals surface area contributed by atoms with Crippen LogP contribution < -0.4 is 21.7 Å². The van der Waals surface area contributed by atoms with Crippen molar-refractivity contribution in [2.24, 2.45) is 5.73 Å². The molecule has 0 saturated carbocycles. The maximum atomic E-state index is 12.8. The van der Waals surface area contributed by atoms with E-state index in [0.717, 1.165) is 0 Å². The minimum atomic E-state index is -1.47. The zero-order valence-electron chi connectivity index (χ0n) is 18.4. The first-order valence-electron chi connectivity index (χ1n) is 10.2. The number of aliphatic carboxylic acids is 2. The largest absolute Gasteiger partial charge is 0.481 e. The zero-order valence-corrected chi connectivity index (χ0v) is 19.3. The summed E-state index contributed by atoms with van der Waals surface area (Å²) in [4.78, 5) is 60.2. The minimum absolute atomic E-state index is 0.0196. The third-order valence-electron chi connectivity index (χ3n) is 4.63. The molecular weight excluding hydrogens is 452 g/mol. The quantitative estimate of drug-likeness (QED) is 0.200. The van der Waals surface area contributed by atoms with Crippen LogP contribution in [0.4, 0.5) is 0 Å². The van der Waals surface area contributed by atoms with E-state index in [0.29, 0.717) is 17.7 Å². The Balaban J connectivity index is 3.02. The van der Waals surface area contributed by atoms with E-state index >= 15 is 0 Å². The predicted octanol–water partition coefficient (Wildman–Crippen LogP) is -0.657. The fraction of sp³-hybridized carbons (Fsp3) is 0.476. The second kappa shape index (κ2) is 14.1. The van der Waals surface area contributed by atoms with Gasteiger partial charge >= 0.3 is 11.9 Å². The summed E-state index contributed by atoms with van der Waals surface area (Å²) in [7, 11) is 0. The zero-order chi connectivity index (χ0) is 25.0. The highest BCUT2D eigenvalue weighted by Crippen LogP contribution is 2.06. The monoisotopic (exact) mass is 482 g/mol. The van der Waals surface area contributed by atoms with Gasteiger partial charge in [0.25, 0.3) is 0 Å². The normalized spacial score (nSPS) is 14.3. The molecule has 1 rings (SSSR count). The van der Waals surface area contributed by atoms with E-state index in [9.17, 15) is 29.1 Å². The van der Waals surface area contributed by atoms with Crippen molar-refractivity contribution in [3.8, 4) is 0 Å². The number of carbonyl (C=O) groups is 5. The van der Waals surface area contributed by atoms with E-state index < -0.39 is 60.2 Å². The molecule has 4 atom stereocenters. The SMILES string of the molecule is CSCCC(N)C(=O)NC(CC(=O)O)C(=O)NC(Cc1ccccc1)C(=O)NC(C)C(=O)O. The number of hydrogen-bond donors (Lipinski definition) is 6. The van der Waals surface area contributed by atoms with Crippen molar-refractivity contribution in [2.45, 2.75) is 50.4 Å². The van der Waals surface area contributed by atoms with Crippen molar-refractivity contribution in [1.29, 1.82) is 0 Å². The molecule has 0 fully saturated rings. The minimum Gasteiger partial charge on any atom is -0.481 e. The smallest absolute Gasteiger partial charge is 0.325 e. The van der Waals surface area contributed by atoms with Crippen LogP contribution in [-0.2, 0) is 30.4 Å². The predicted molar refractivity (Wildman–Crippen MR) is 122 cm³/mol. The van der Waals surface area contributed by atoms with Crippen LogP contribution in [0.15, 0.2) is 30.3 Å². The lowest BCUT2D eigenvalue weighted by atomic mass is 10.0. The molecule has 4 unspecified atom stereocenters. The van der Waals surface area contributed by atoms with Gasteiger partial charge in [0.2, 0.25) is 17.7 Å². The second-order valence-electron chi connectivity index (χ2n) is 7.37. The molecule has 0 saturated heterocycles. The number of nitrogens with one attached hydrogen (secondary N) is 3. The first-order chi connectivity index (χ1) is 15.5. The highest BCUT2D eigenvalue weighted by atomic mass is 32.2. The van der Waals surface area contributed by atoms with Crippen LogP contribution in [0.25, 0.3) is 0 Å². The van der Waals surface area contributed by atoms with E-state index in [1.165, 1.54) is 18.7 Å². The Hall–Kier alpha value is -3.12. The summed E-state index contributed by atoms with van der Waals surface area (Å²) < 4.78 is 0. The van der Waals surface area contributed by atoms with E-state index in [1.54, 1.807) is 30.3 Å². The number of nitrogens with two attached hydrogens (primary N) is 1. The molecule has 11 nitrogen and oxygen atoms in total. The molecule has 0 aliphatic rings. The number of amides is 3. The molecule has 12 heteroatoms. The van der Waals surface area contributed by atoms with E-state index in [4.69, 9.17) is 10.8 Å². The van der Waals surface area contributed by atoms with Gasteiger partial charge in [0.05, 0.1) is 12.5 Å². The fourth-order valence-corrected chi connectivity index (χ4v) is 3.24. The van der Waals surface area contributed by atoms with E-state index in [1.807, 2.05) is 6.26 Å². The fourth-order valence-electron chi connectivity index (χ4n) is 2.75. The molecular formula is C21H30N4O7S. The summed E-state index contributed by atoms with van der Waals surface area (Å²) in [5.41, 5.74) is 6.47. The van der Waals surface area contributed by atoms with Crippen molar-refractivity contribution < 1.29 is 34.2 Å². The molecule has 0 radical (unpaired) electrons. The molecule has 0 aliphatic carbocycles. The average Bonchev–Trinajstić information content (AvgIpc) is 2.76. The molecule has 182 valence electrons. The van der Waals surface area contributed by atoms with E-state index in [-0.39, 0.29) is 6.42 Å². The Morgan fingerprint density at radius 3 is 2.06 bits per heavy atom. The van der Waals surface area contributed by atoms with Crippen LogP contribution in [0.2, 0.25) is 0 Å². The standard InChI is InChI=1S/C21H30N4O7S/c1-12(21(31)32)23-19(29)15(10-13-6-4-3-5-7-13)25-20(30)16(11-17(26)27)24-18(28)14(22)8-9-33-2/h3-7,12,14-16H,8-11,22H2,1-2H3,(H,23,29)(H,24,28)(H,25,30)(H,26,27)(H,31,32). The summed E-state index contributed by atoms with van der Waals surface area (Å²) in [6.07, 6.45) is 1.47. The summed E-state index contributed by atoms with van der Waals surface area (Å²) in [6.45, 7) is 1.27. The van der Waals surface area contributed by atoms with Crippen molar-refractivity contribution in [2.75, 3.05) is 12.0 Å². The average molecular weight is 483 g/mol. The topological polar surface area (TPSA) is 188 Å². The summed E-state index contributed by atoms with van der Waals surface area (Å²) in [6, 6.07) is 3.84. The van der Waals surface area contributed by atoms with Crippen molar-refractivity contribution in [1.82, 2.24) is 16.0 Å². The molecule has 0 bridgehead atoms. The first-order valence-corrected chi connectivity index (χ1v) is 11.6. The number of thioether (sulfide) groups is 1. The third-order valence-corrected chi connectivity index (χ3v) is 5.27. The number of carboxylic acids is 2. The highest BCUT2D eigenvalue weighted by Gasteiger charge is 2.30. The van der Waals surface area contributed by atoms with E-state index in [2.05, 4.69) is 16.0 Å². The lowest BCUT2D eigenvalue weighted by Gasteiger charge is -2.24. The lowest BCUT2D eigenvalue weighted by Crippen LogP contribution is -2.57. The van der Waals surface area contributed by atoms with Crippen molar-refractivity contribution in [3.05, 3.63) is 35.9 Å². The van der Waals surface area contributed by atoms with Gasteiger partial charge in [0.1, 0.15) is 18.1 Å². The second-order valence-corrected chi connectivity index (χ2v) is 8.35. The number of hydrogen-bond acceptors (Lipinski definition) is 7. The van der Waals surface area contributed by atoms with Gasteiger partial charge < -0.3 is 31.9 Å². The molecule has 7 N–H and O–H groups in total. The molecule has 0 aliphatic heterocycles. The van der Waals surface area contributed by atoms with Gasteiger partial charge in [-0.3, -0.25) is 24.0 Å². The van der Waals surface area contributed by atoms with Gasteiger partial charge in [-0.05, 0) is 30.9 Å². The maximum Gasteiger partial charge on any atom is 0.325 e. The molecule has 0 spiro atoms. The Morgan fingerprint density at radius 2 is 1.52 bits per heavy atom. The van der Waals surface area contributed by atoms with Crippen LogP contribution in [0.3, 0.4) is 0 Å². The first kappa shape index (κ1) is 27.9. The van der Waals surface area contributed by atoms with Crippen LogP contribution in [0, 0.1) is 0 Å². The van der Waals surface area contributed by atoms with Gasteiger partial charge in [0, 0.05) is 6.42 Å². The number of rotatable bonds is 14. The third kappa shape index (κ3) is 10.4. The molecule has 0 aromatic heterocycles. The molecule has 3 amide bonds. The molecule has 33 heavy (non-hydrogen) atoms. The van der Waals surface area contributed by atoms with Gasteiger partial charge in [0.15, 0.2) is 0 Å². The lowest BCUT2D eigenvalue weighted by molar-refractivity contribution is -0.143. The molecule has 1 aromatic rings. The van der Waals surface area contributed by atoms with Gasteiger partial charge in [-0.15, -0.1) is 0 Å². The number of carboxylic acid groups (broad SMARTS) is 2. The van der Waals surface area contributed by atoms with Gasteiger partial charge in [-0.25, -0.2) is 0 Å². The van der Waals surface area contributed by atoms with Crippen LogP contribution in [0.5, 0.6) is 0 Å². The summed E-state index contributed by atoms with van der Waals surface area (Å²) in [5.74, 6) is -4.35. The molecule has 1 aromatic carbocycles. The Labute approximate surface area is 195 Å². The Kier molecular flexibility index (Phi) is 11.9. The number of carbonyl (C=O) groups excluding carboxylic acids is 3. The van der Waals surface area contributed by atoms with Crippen LogP contribution in [-0.4, -0.2) is 76.0 Å². The summed E-state index contributed by atoms with van der Waals surface area (Å²) >= 11 is 1.48.